The van der Waals surface area contributed by atoms with Crippen molar-refractivity contribution in [2.75, 3.05) is 12.9 Å². The number of thiophene rings is 1. The summed E-state index contributed by atoms with van der Waals surface area (Å²) in [5.74, 6) is 1.91. The van der Waals surface area contributed by atoms with Gasteiger partial charge in [-0.2, -0.15) is 0 Å². The zero-order valence-electron chi connectivity index (χ0n) is 15.2. The number of rotatable bonds is 7. The summed E-state index contributed by atoms with van der Waals surface area (Å²) in [6.07, 6.45) is 3.36. The predicted octanol–water partition coefficient (Wildman–Crippen LogP) is 5.12. The second-order valence-corrected chi connectivity index (χ2v) is 8.18. The normalized spacial score (nSPS) is 18.5. The first-order chi connectivity index (χ1) is 12.7. The molecule has 1 aliphatic rings. The Bertz CT molecular complexity index is 742. The van der Waals surface area contributed by atoms with Crippen LogP contribution in [0.25, 0.3) is 0 Å². The second-order valence-electron chi connectivity index (χ2n) is 6.16. The van der Waals surface area contributed by atoms with Crippen molar-refractivity contribution in [1.29, 1.82) is 0 Å². The molecule has 1 aliphatic heterocycles. The monoisotopic (exact) mass is 388 g/mol. The van der Waals surface area contributed by atoms with Gasteiger partial charge in [0.1, 0.15) is 5.75 Å². The Balaban J connectivity index is 1.67. The third kappa shape index (κ3) is 4.68. The smallest absolute Gasteiger partial charge is 0.228 e. The van der Waals surface area contributed by atoms with Crippen LogP contribution in [-0.4, -0.2) is 34.9 Å². The van der Waals surface area contributed by atoms with Gasteiger partial charge in [-0.3, -0.25) is 9.69 Å². The van der Waals surface area contributed by atoms with Gasteiger partial charge in [0.2, 0.25) is 5.91 Å². The first-order valence-electron chi connectivity index (χ1n) is 8.91. The van der Waals surface area contributed by atoms with E-state index in [-0.39, 0.29) is 11.9 Å². The standard InChI is InChI=1S/C20H24N2O2S2/c1-3-16-14-26-20(21-15-9-11-17(24-2)12-10-15)22(16)19(23)8-4-6-18-7-5-13-25-18/h5,7,9-13,16H,3-4,6,8,14H2,1-2H3. The number of benzene rings is 1. The van der Waals surface area contributed by atoms with E-state index in [9.17, 15) is 4.79 Å². The Morgan fingerprint density at radius 2 is 2.12 bits per heavy atom. The third-order valence-electron chi connectivity index (χ3n) is 4.41. The molecule has 1 amide bonds. The number of aliphatic imine (C=N–C) groups is 1. The summed E-state index contributed by atoms with van der Waals surface area (Å²) in [4.78, 5) is 20.8. The molecule has 0 spiro atoms. The fourth-order valence-corrected chi connectivity index (χ4v) is 4.96. The maximum absolute atomic E-state index is 12.9. The van der Waals surface area contributed by atoms with E-state index in [1.807, 2.05) is 29.2 Å². The maximum Gasteiger partial charge on any atom is 0.228 e. The molecule has 1 unspecified atom stereocenters. The summed E-state index contributed by atoms with van der Waals surface area (Å²) in [6.45, 7) is 2.13. The number of methoxy groups -OCH3 is 1. The number of aryl methyl sites for hydroxylation is 1. The number of nitrogens with zero attached hydrogens (tertiary/aromatic N) is 2. The molecule has 1 saturated heterocycles. The molecular formula is C20H24N2O2S2. The third-order valence-corrected chi connectivity index (χ3v) is 6.44. The van der Waals surface area contributed by atoms with Gasteiger partial charge < -0.3 is 4.74 Å². The molecule has 3 rings (SSSR count). The molecule has 2 aromatic rings. The van der Waals surface area contributed by atoms with E-state index in [1.54, 1.807) is 30.2 Å². The van der Waals surface area contributed by atoms with Gasteiger partial charge in [0.05, 0.1) is 12.8 Å². The number of hydrogen-bond acceptors (Lipinski definition) is 5. The Labute approximate surface area is 163 Å². The SMILES string of the molecule is CCC1CSC(=Nc2ccc(OC)cc2)N1C(=O)CCCc1cccs1. The van der Waals surface area contributed by atoms with Crippen molar-refractivity contribution in [3.8, 4) is 5.75 Å². The lowest BCUT2D eigenvalue weighted by Gasteiger charge is -2.23. The molecular weight excluding hydrogens is 364 g/mol. The lowest BCUT2D eigenvalue weighted by atomic mass is 10.1. The molecule has 0 saturated carbocycles. The number of ether oxygens (including phenoxy) is 1. The van der Waals surface area contributed by atoms with Crippen LogP contribution >= 0.6 is 23.1 Å². The fourth-order valence-electron chi connectivity index (χ4n) is 2.92. The van der Waals surface area contributed by atoms with Crippen molar-refractivity contribution >= 4 is 39.9 Å². The number of amides is 1. The van der Waals surface area contributed by atoms with E-state index in [4.69, 9.17) is 9.73 Å². The van der Waals surface area contributed by atoms with Crippen LogP contribution in [0.2, 0.25) is 0 Å². The van der Waals surface area contributed by atoms with Crippen molar-refractivity contribution in [2.24, 2.45) is 4.99 Å². The molecule has 2 heterocycles. The first kappa shape index (κ1) is 19.0. The summed E-state index contributed by atoms with van der Waals surface area (Å²) in [6, 6.07) is 12.1. The van der Waals surface area contributed by atoms with Crippen molar-refractivity contribution in [1.82, 2.24) is 4.90 Å². The summed E-state index contributed by atoms with van der Waals surface area (Å²) in [7, 11) is 1.65. The van der Waals surface area contributed by atoms with Crippen LogP contribution in [0.1, 0.15) is 31.1 Å². The molecule has 138 valence electrons. The maximum atomic E-state index is 12.9. The van der Waals surface area contributed by atoms with E-state index in [0.717, 1.165) is 41.6 Å². The number of carbonyl (C=O) groups is 1. The van der Waals surface area contributed by atoms with Gasteiger partial charge in [-0.1, -0.05) is 24.8 Å². The van der Waals surface area contributed by atoms with Crippen LogP contribution in [-0.2, 0) is 11.2 Å². The van der Waals surface area contributed by atoms with Gasteiger partial charge >= 0.3 is 0 Å². The molecule has 0 bridgehead atoms. The first-order valence-corrected chi connectivity index (χ1v) is 10.8. The van der Waals surface area contributed by atoms with Gasteiger partial charge in [-0.05, 0) is 55.0 Å². The highest BCUT2D eigenvalue weighted by atomic mass is 32.2. The number of thioether (sulfide) groups is 1. The quantitative estimate of drug-likeness (QED) is 0.661. The Morgan fingerprint density at radius 3 is 2.77 bits per heavy atom. The van der Waals surface area contributed by atoms with Gasteiger partial charge in [0, 0.05) is 23.1 Å². The second kappa shape index (κ2) is 9.24. The molecule has 0 radical (unpaired) electrons. The molecule has 0 aliphatic carbocycles. The summed E-state index contributed by atoms with van der Waals surface area (Å²) >= 11 is 3.43. The lowest BCUT2D eigenvalue weighted by Crippen LogP contribution is -2.38. The van der Waals surface area contributed by atoms with E-state index in [2.05, 4.69) is 24.4 Å². The van der Waals surface area contributed by atoms with Crippen molar-refractivity contribution in [2.45, 2.75) is 38.6 Å². The van der Waals surface area contributed by atoms with Gasteiger partial charge in [-0.25, -0.2) is 4.99 Å². The molecule has 1 atom stereocenters. The highest BCUT2D eigenvalue weighted by molar-refractivity contribution is 8.14. The Kier molecular flexibility index (Phi) is 6.74. The molecule has 26 heavy (non-hydrogen) atoms. The largest absolute Gasteiger partial charge is 0.497 e. The Morgan fingerprint density at radius 1 is 1.31 bits per heavy atom. The highest BCUT2D eigenvalue weighted by Crippen LogP contribution is 2.30. The minimum atomic E-state index is 0.186. The number of carbonyl (C=O) groups excluding carboxylic acids is 1. The number of hydrogen-bond donors (Lipinski definition) is 0. The van der Waals surface area contributed by atoms with Crippen LogP contribution in [0.5, 0.6) is 5.75 Å². The van der Waals surface area contributed by atoms with Crippen LogP contribution < -0.4 is 4.74 Å². The molecule has 1 aromatic carbocycles. The van der Waals surface area contributed by atoms with E-state index in [0.29, 0.717) is 6.42 Å². The van der Waals surface area contributed by atoms with E-state index < -0.39 is 0 Å². The van der Waals surface area contributed by atoms with Crippen molar-refractivity contribution in [3.05, 3.63) is 46.7 Å². The molecule has 1 fully saturated rings. The van der Waals surface area contributed by atoms with Gasteiger partial charge in [0.25, 0.3) is 0 Å². The van der Waals surface area contributed by atoms with Gasteiger partial charge in [0.15, 0.2) is 5.17 Å². The summed E-state index contributed by atoms with van der Waals surface area (Å²) < 4.78 is 5.19. The molecule has 4 nitrogen and oxygen atoms in total. The topological polar surface area (TPSA) is 41.9 Å². The molecule has 1 aromatic heterocycles. The minimum Gasteiger partial charge on any atom is -0.497 e. The van der Waals surface area contributed by atoms with Crippen LogP contribution in [0.15, 0.2) is 46.8 Å². The highest BCUT2D eigenvalue weighted by Gasteiger charge is 2.33. The predicted molar refractivity (Wildman–Crippen MR) is 111 cm³/mol. The zero-order chi connectivity index (χ0) is 18.4. The van der Waals surface area contributed by atoms with E-state index in [1.165, 1.54) is 4.88 Å². The minimum absolute atomic E-state index is 0.186. The summed E-state index contributed by atoms with van der Waals surface area (Å²) in [5.41, 5.74) is 0.849. The van der Waals surface area contributed by atoms with E-state index >= 15 is 0 Å². The van der Waals surface area contributed by atoms with Crippen LogP contribution in [0.3, 0.4) is 0 Å². The Hall–Kier alpha value is -1.79. The number of amidine groups is 1. The van der Waals surface area contributed by atoms with Crippen molar-refractivity contribution in [3.63, 3.8) is 0 Å². The average Bonchev–Trinajstić information content (AvgIpc) is 3.32. The lowest BCUT2D eigenvalue weighted by molar-refractivity contribution is -0.128. The van der Waals surface area contributed by atoms with Crippen molar-refractivity contribution < 1.29 is 9.53 Å². The fraction of sp³-hybridized carbons (Fsp3) is 0.400. The molecule has 6 heteroatoms. The molecule has 0 N–H and O–H groups in total. The summed E-state index contributed by atoms with van der Waals surface area (Å²) in [5, 5.41) is 2.91. The van der Waals surface area contributed by atoms with Crippen LogP contribution in [0, 0.1) is 0 Å². The van der Waals surface area contributed by atoms with Crippen LogP contribution in [0.4, 0.5) is 5.69 Å². The van der Waals surface area contributed by atoms with Gasteiger partial charge in [-0.15, -0.1) is 11.3 Å². The zero-order valence-corrected chi connectivity index (χ0v) is 16.8. The average molecular weight is 389 g/mol.